The zero-order valence-electron chi connectivity index (χ0n) is 10.1. The molecule has 0 spiro atoms. The molecule has 96 valence electrons. The first-order valence-corrected chi connectivity index (χ1v) is 7.39. The maximum Gasteiger partial charge on any atom is 0.135 e. The van der Waals surface area contributed by atoms with Crippen LogP contribution in [-0.4, -0.2) is 9.97 Å². The van der Waals surface area contributed by atoms with E-state index in [2.05, 4.69) is 44.2 Å². The lowest BCUT2D eigenvalue weighted by atomic mass is 10.1. The highest BCUT2D eigenvalue weighted by Gasteiger charge is 2.08. The lowest BCUT2D eigenvalue weighted by Crippen LogP contribution is -2.07. The van der Waals surface area contributed by atoms with Crippen LogP contribution in [0, 0.1) is 0 Å². The van der Waals surface area contributed by atoms with Crippen LogP contribution < -0.4 is 11.1 Å². The Morgan fingerprint density at radius 2 is 2.22 bits per heavy atom. The quantitative estimate of drug-likeness (QED) is 0.883. The van der Waals surface area contributed by atoms with E-state index in [0.717, 1.165) is 34.6 Å². The van der Waals surface area contributed by atoms with Crippen molar-refractivity contribution in [2.24, 2.45) is 0 Å². The largest absolute Gasteiger partial charge is 0.383 e. The smallest absolute Gasteiger partial charge is 0.135 e. The first-order chi connectivity index (χ1) is 8.70. The first kappa shape index (κ1) is 13.3. The predicted octanol–water partition coefficient (Wildman–Crippen LogP) is 3.45. The Morgan fingerprint density at radius 3 is 2.89 bits per heavy atom. The van der Waals surface area contributed by atoms with E-state index in [-0.39, 0.29) is 0 Å². The van der Waals surface area contributed by atoms with Crippen LogP contribution in [0.2, 0.25) is 0 Å². The predicted molar refractivity (Wildman–Crippen MR) is 79.8 cm³/mol. The Balaban J connectivity index is 2.11. The molecule has 0 bridgehead atoms. The number of thiophene rings is 1. The van der Waals surface area contributed by atoms with Crippen LogP contribution in [0.15, 0.2) is 22.2 Å². The summed E-state index contributed by atoms with van der Waals surface area (Å²) >= 11 is 5.16. The third-order valence-corrected chi connectivity index (χ3v) is 4.16. The number of hydrogen-bond donors (Lipinski definition) is 2. The van der Waals surface area contributed by atoms with Crippen molar-refractivity contribution in [3.05, 3.63) is 32.7 Å². The molecule has 0 aliphatic heterocycles. The van der Waals surface area contributed by atoms with E-state index in [0.29, 0.717) is 5.82 Å². The van der Waals surface area contributed by atoms with E-state index >= 15 is 0 Å². The van der Waals surface area contributed by atoms with Crippen LogP contribution in [0.5, 0.6) is 0 Å². The fourth-order valence-corrected chi connectivity index (χ4v) is 3.12. The van der Waals surface area contributed by atoms with Gasteiger partial charge in [0.1, 0.15) is 18.0 Å². The van der Waals surface area contributed by atoms with E-state index in [1.165, 1.54) is 11.2 Å². The average molecular weight is 327 g/mol. The molecule has 2 rings (SSSR count). The molecule has 3 N–H and O–H groups in total. The Kier molecular flexibility index (Phi) is 4.54. The SMILES string of the molecule is CCCc1c(N)ncnc1NCc1ccc(Br)s1. The van der Waals surface area contributed by atoms with Crippen LogP contribution >= 0.6 is 27.3 Å². The van der Waals surface area contributed by atoms with Gasteiger partial charge < -0.3 is 11.1 Å². The second-order valence-electron chi connectivity index (χ2n) is 3.90. The third kappa shape index (κ3) is 3.20. The Bertz CT molecular complexity index is 527. The topological polar surface area (TPSA) is 63.8 Å². The summed E-state index contributed by atoms with van der Waals surface area (Å²) in [6.45, 7) is 2.87. The molecule has 2 heterocycles. The van der Waals surface area contributed by atoms with Crippen LogP contribution in [0.3, 0.4) is 0 Å². The number of nitrogen functional groups attached to an aromatic ring is 1. The molecule has 18 heavy (non-hydrogen) atoms. The van der Waals surface area contributed by atoms with Gasteiger partial charge in [-0.1, -0.05) is 13.3 Å². The standard InChI is InChI=1S/C12H15BrN4S/c1-2-3-9-11(14)16-7-17-12(9)15-6-8-4-5-10(13)18-8/h4-5,7H,2-3,6H2,1H3,(H3,14,15,16,17). The van der Waals surface area contributed by atoms with Crippen LogP contribution in [0.25, 0.3) is 0 Å². The van der Waals surface area contributed by atoms with Crippen LogP contribution in [-0.2, 0) is 13.0 Å². The molecule has 0 atom stereocenters. The lowest BCUT2D eigenvalue weighted by Gasteiger charge is -2.10. The monoisotopic (exact) mass is 326 g/mol. The molecule has 0 amide bonds. The minimum absolute atomic E-state index is 0.571. The highest BCUT2D eigenvalue weighted by molar-refractivity contribution is 9.11. The zero-order chi connectivity index (χ0) is 13.0. The molecule has 2 aromatic heterocycles. The normalized spacial score (nSPS) is 10.6. The van der Waals surface area contributed by atoms with Gasteiger partial charge in [0.15, 0.2) is 0 Å². The highest BCUT2D eigenvalue weighted by atomic mass is 79.9. The summed E-state index contributed by atoms with van der Waals surface area (Å²) in [6.07, 6.45) is 3.42. The minimum Gasteiger partial charge on any atom is -0.383 e. The molecular formula is C12H15BrN4S. The number of anilines is 2. The van der Waals surface area contributed by atoms with Crippen molar-refractivity contribution in [3.63, 3.8) is 0 Å². The molecule has 0 aliphatic carbocycles. The Labute approximate surface area is 119 Å². The number of halogens is 1. The fourth-order valence-electron chi connectivity index (χ4n) is 1.69. The van der Waals surface area contributed by atoms with E-state index in [9.17, 15) is 0 Å². The number of rotatable bonds is 5. The van der Waals surface area contributed by atoms with Gasteiger partial charge in [-0.2, -0.15) is 0 Å². The van der Waals surface area contributed by atoms with Gasteiger partial charge in [-0.25, -0.2) is 9.97 Å². The molecule has 4 nitrogen and oxygen atoms in total. The molecule has 0 saturated carbocycles. The van der Waals surface area contributed by atoms with Gasteiger partial charge in [0, 0.05) is 10.4 Å². The molecule has 2 aromatic rings. The zero-order valence-corrected chi connectivity index (χ0v) is 12.5. The van der Waals surface area contributed by atoms with Crippen LogP contribution in [0.1, 0.15) is 23.8 Å². The maximum atomic E-state index is 5.88. The van der Waals surface area contributed by atoms with Crippen molar-refractivity contribution in [3.8, 4) is 0 Å². The summed E-state index contributed by atoms with van der Waals surface area (Å²) in [5.41, 5.74) is 6.89. The second-order valence-corrected chi connectivity index (χ2v) is 6.44. The Morgan fingerprint density at radius 1 is 1.39 bits per heavy atom. The molecule has 0 aliphatic rings. The van der Waals surface area contributed by atoms with E-state index in [1.54, 1.807) is 11.3 Å². The Hall–Kier alpha value is -1.14. The molecule has 0 unspecified atom stereocenters. The summed E-state index contributed by atoms with van der Waals surface area (Å²) in [6, 6.07) is 4.13. The first-order valence-electron chi connectivity index (χ1n) is 5.78. The number of hydrogen-bond acceptors (Lipinski definition) is 5. The summed E-state index contributed by atoms with van der Waals surface area (Å²) in [7, 11) is 0. The van der Waals surface area contributed by atoms with E-state index in [1.807, 2.05) is 6.07 Å². The molecule has 0 aromatic carbocycles. The van der Waals surface area contributed by atoms with Crippen molar-refractivity contribution >= 4 is 38.9 Å². The molecular weight excluding hydrogens is 312 g/mol. The highest BCUT2D eigenvalue weighted by Crippen LogP contribution is 2.24. The van der Waals surface area contributed by atoms with Gasteiger partial charge in [-0.05, 0) is 34.5 Å². The van der Waals surface area contributed by atoms with Gasteiger partial charge in [-0.3, -0.25) is 0 Å². The lowest BCUT2D eigenvalue weighted by molar-refractivity contribution is 0.902. The van der Waals surface area contributed by atoms with E-state index in [4.69, 9.17) is 5.73 Å². The van der Waals surface area contributed by atoms with E-state index < -0.39 is 0 Å². The second kappa shape index (κ2) is 6.15. The number of nitrogens with zero attached hydrogens (tertiary/aromatic N) is 2. The van der Waals surface area contributed by atoms with Crippen LogP contribution in [0.4, 0.5) is 11.6 Å². The van der Waals surface area contributed by atoms with Gasteiger partial charge >= 0.3 is 0 Å². The minimum atomic E-state index is 0.571. The third-order valence-electron chi connectivity index (χ3n) is 2.54. The molecule has 0 fully saturated rings. The van der Waals surface area contributed by atoms with Crippen molar-refractivity contribution in [2.45, 2.75) is 26.3 Å². The van der Waals surface area contributed by atoms with Crippen molar-refractivity contribution in [1.29, 1.82) is 0 Å². The average Bonchev–Trinajstić information content (AvgIpc) is 2.76. The summed E-state index contributed by atoms with van der Waals surface area (Å²) < 4.78 is 1.13. The van der Waals surface area contributed by atoms with Gasteiger partial charge in [-0.15, -0.1) is 11.3 Å². The molecule has 0 saturated heterocycles. The summed E-state index contributed by atoms with van der Waals surface area (Å²) in [5, 5.41) is 3.33. The fraction of sp³-hybridized carbons (Fsp3) is 0.333. The number of nitrogens with two attached hydrogens (primary N) is 1. The maximum absolute atomic E-state index is 5.88. The van der Waals surface area contributed by atoms with Crippen molar-refractivity contribution in [1.82, 2.24) is 9.97 Å². The molecule has 0 radical (unpaired) electrons. The van der Waals surface area contributed by atoms with Crippen molar-refractivity contribution < 1.29 is 0 Å². The summed E-state index contributed by atoms with van der Waals surface area (Å²) in [4.78, 5) is 9.56. The summed E-state index contributed by atoms with van der Waals surface area (Å²) in [5.74, 6) is 1.41. The van der Waals surface area contributed by atoms with Gasteiger partial charge in [0.2, 0.25) is 0 Å². The number of nitrogens with one attached hydrogen (secondary N) is 1. The van der Waals surface area contributed by atoms with Gasteiger partial charge in [0.05, 0.1) is 10.3 Å². The van der Waals surface area contributed by atoms with Crippen molar-refractivity contribution in [2.75, 3.05) is 11.1 Å². The molecule has 6 heteroatoms. The van der Waals surface area contributed by atoms with Gasteiger partial charge in [0.25, 0.3) is 0 Å². The number of aromatic nitrogens is 2.